The smallest absolute Gasteiger partial charge is 0.316 e. The molecule has 8 N–H and O–H groups in total. The van der Waals surface area contributed by atoms with Gasteiger partial charge in [-0.05, 0) is 135 Å². The number of amides is 1. The predicted molar refractivity (Wildman–Crippen MR) is 519 cm³/mol. The maximum absolute atomic E-state index is 12.5. The van der Waals surface area contributed by atoms with E-state index in [-0.39, 0.29) is 101 Å². The first-order valence-corrected chi connectivity index (χ1v) is 46.7. The molecule has 762 valence electrons. The Morgan fingerprint density at radius 3 is 1.16 bits per heavy atom. The highest BCUT2D eigenvalue weighted by atomic mass is 79.9. The number of nitrogen functional groups attached to an aromatic ring is 1. The third-order valence-electron chi connectivity index (χ3n) is 19.4. The summed E-state index contributed by atoms with van der Waals surface area (Å²) in [6, 6.07) is 36.5. The number of hydrogen-bond acceptors (Lipinski definition) is 35. The van der Waals surface area contributed by atoms with E-state index < -0.39 is 71.7 Å². The van der Waals surface area contributed by atoms with Gasteiger partial charge in [0.05, 0.1) is 118 Å². The van der Waals surface area contributed by atoms with E-state index in [2.05, 4.69) is 40.7 Å². The molecule has 11 rings (SSSR count). The topological polar surface area (TPSA) is 581 Å². The fourth-order valence-electron chi connectivity index (χ4n) is 12.6. The zero-order chi connectivity index (χ0) is 103. The van der Waals surface area contributed by atoms with Gasteiger partial charge in [0, 0.05) is 196 Å². The summed E-state index contributed by atoms with van der Waals surface area (Å²) in [7, 11) is 0. The van der Waals surface area contributed by atoms with Crippen LogP contribution < -0.4 is 22.5 Å². The summed E-state index contributed by atoms with van der Waals surface area (Å²) in [6.07, 6.45) is 6.76. The van der Waals surface area contributed by atoms with Crippen LogP contribution in [-0.4, -0.2) is 277 Å². The molecule has 6 aromatic carbocycles. The van der Waals surface area contributed by atoms with E-state index in [4.69, 9.17) is 71.8 Å². The summed E-state index contributed by atoms with van der Waals surface area (Å²) in [5.41, 5.74) is 18.2. The Morgan fingerprint density at radius 1 is 0.460 bits per heavy atom. The number of benzene rings is 6. The normalized spacial score (nSPS) is 14.4. The minimum absolute atomic E-state index is 0.0171. The number of cyclic esters (lactones) is 2. The van der Waals surface area contributed by atoms with Crippen molar-refractivity contribution in [3.63, 3.8) is 0 Å². The van der Waals surface area contributed by atoms with E-state index in [9.17, 15) is 98.0 Å². The third kappa shape index (κ3) is 55.9. The van der Waals surface area contributed by atoms with E-state index in [0.717, 1.165) is 148 Å². The van der Waals surface area contributed by atoms with Crippen LogP contribution in [0.4, 0.5) is 34.1 Å². The molecule has 0 spiro atoms. The van der Waals surface area contributed by atoms with Gasteiger partial charge in [0.25, 0.3) is 28.0 Å². The second-order valence-electron chi connectivity index (χ2n) is 33.0. The van der Waals surface area contributed by atoms with Gasteiger partial charge >= 0.3 is 29.8 Å². The molecule has 5 heterocycles. The maximum Gasteiger partial charge on any atom is 0.316 e. The molecule has 0 saturated carbocycles. The number of carbonyl (C=O) groups excluding carboxylic acids is 11. The summed E-state index contributed by atoms with van der Waals surface area (Å²) in [5, 5.41) is 53.0. The van der Waals surface area contributed by atoms with Gasteiger partial charge in [-0.25, -0.2) is 0 Å². The van der Waals surface area contributed by atoms with Gasteiger partial charge in [-0.3, -0.25) is 113 Å². The predicted octanol–water partition coefficient (Wildman–Crippen LogP) is 13.2. The Labute approximate surface area is 820 Å². The maximum atomic E-state index is 12.5. The van der Waals surface area contributed by atoms with Gasteiger partial charge in [-0.15, -0.1) is 0 Å². The SMILES string of the molecule is CC(C)(C)OC(=O)CCC(=O)Nc1cccc(C(=O)CCCN2CCOCC2)c1.CC(C)(C)OC(=O)CCC(=O)O.NCCOCCOCCN.Nc1cccc(C(=O)CCCN2CCOCC2)c1.O=C(CCCBr)c1cccc([N+](=O)[O-])c1.O=C(CCCN1CCOCC1)c1cccc([N+](=O)[O-])c1.O=C(Cl)c1cccc([N+](=O)[O-])c1.O=C1CCCO1.O=C1OCCC1C(=O)c1cccc([N+](=O)[O-])c1. The van der Waals surface area contributed by atoms with Crippen LogP contribution in [0.1, 0.15) is 200 Å². The number of nitrogens with zero attached hydrogens (tertiary/aromatic N) is 7. The van der Waals surface area contributed by atoms with Crippen molar-refractivity contribution < 1.29 is 125 Å². The van der Waals surface area contributed by atoms with Crippen molar-refractivity contribution in [1.29, 1.82) is 0 Å². The molecule has 5 aliphatic heterocycles. The molecule has 5 saturated heterocycles. The van der Waals surface area contributed by atoms with Crippen LogP contribution in [-0.2, 0) is 71.4 Å². The van der Waals surface area contributed by atoms with Crippen molar-refractivity contribution in [2.45, 2.75) is 149 Å². The lowest BCUT2D eigenvalue weighted by atomic mass is 9.96. The highest BCUT2D eigenvalue weighted by Gasteiger charge is 2.34. The number of carboxylic acid groups (broad SMARTS) is 1. The van der Waals surface area contributed by atoms with Crippen LogP contribution in [0.3, 0.4) is 0 Å². The van der Waals surface area contributed by atoms with Gasteiger partial charge in [-0.1, -0.05) is 82.7 Å². The number of esters is 4. The van der Waals surface area contributed by atoms with Gasteiger partial charge in [0.2, 0.25) is 5.91 Å². The Morgan fingerprint density at radius 2 is 0.820 bits per heavy atom. The number of halogens is 2. The van der Waals surface area contributed by atoms with E-state index >= 15 is 0 Å². The van der Waals surface area contributed by atoms with E-state index in [1.807, 2.05) is 12.1 Å². The number of anilines is 2. The number of nitrogens with two attached hydrogens (primary N) is 3. The number of nitro benzene ring substituents is 4. The lowest BCUT2D eigenvalue weighted by molar-refractivity contribution is -0.385. The number of morpholine rings is 3. The molecule has 1 unspecified atom stereocenters. The average molecular weight is 2030 g/mol. The van der Waals surface area contributed by atoms with E-state index in [1.54, 1.807) is 96.1 Å². The molecule has 41 nitrogen and oxygen atoms in total. The molecular weight excluding hydrogens is 1900 g/mol. The molecule has 1 amide bonds. The number of Topliss-reactive ketones (excluding diaryl/α,β-unsaturated/α-hetero) is 5. The van der Waals surface area contributed by atoms with Crippen molar-refractivity contribution in [2.24, 2.45) is 17.4 Å². The molecule has 0 aliphatic carbocycles. The van der Waals surface area contributed by atoms with Crippen LogP contribution in [0.15, 0.2) is 146 Å². The number of rotatable bonds is 40. The average Bonchev–Trinajstić information content (AvgIpc) is 1.70. The molecular formula is C96H129BrClN11O30. The summed E-state index contributed by atoms with van der Waals surface area (Å²) >= 11 is 8.35. The lowest BCUT2D eigenvalue weighted by Gasteiger charge is -2.26. The number of ketones is 5. The van der Waals surface area contributed by atoms with Gasteiger partial charge in [-0.2, -0.15) is 0 Å². The van der Waals surface area contributed by atoms with Crippen molar-refractivity contribution in [1.82, 2.24) is 14.7 Å². The lowest BCUT2D eigenvalue weighted by Crippen LogP contribution is -2.36. The van der Waals surface area contributed by atoms with Crippen LogP contribution >= 0.6 is 27.5 Å². The number of ether oxygens (including phenoxy) is 9. The number of nitrogens with one attached hydrogen (secondary N) is 1. The molecule has 6 aromatic rings. The summed E-state index contributed by atoms with van der Waals surface area (Å²) in [6.45, 7) is 27.9. The van der Waals surface area contributed by atoms with Gasteiger partial charge < -0.3 is 70.3 Å². The monoisotopic (exact) mass is 2030 g/mol. The Hall–Kier alpha value is -12.1. The quantitative estimate of drug-likeness (QED) is 0.00228. The summed E-state index contributed by atoms with van der Waals surface area (Å²) in [5.74, 6) is -3.85. The Bertz CT molecular complexity index is 4860. The molecule has 0 bridgehead atoms. The highest BCUT2D eigenvalue weighted by molar-refractivity contribution is 9.09. The van der Waals surface area contributed by atoms with Crippen molar-refractivity contribution in [3.05, 3.63) is 219 Å². The second-order valence-corrected chi connectivity index (χ2v) is 34.1. The first kappa shape index (κ1) is 121. The van der Waals surface area contributed by atoms with Crippen LogP contribution in [0, 0.1) is 46.4 Å². The van der Waals surface area contributed by atoms with E-state index in [1.165, 1.54) is 72.8 Å². The number of hydrogen-bond donors (Lipinski definition) is 5. The molecule has 43 heteroatoms. The number of nitro groups is 4. The van der Waals surface area contributed by atoms with Crippen molar-refractivity contribution in [2.75, 3.05) is 168 Å². The van der Waals surface area contributed by atoms with Crippen LogP contribution in [0.5, 0.6) is 0 Å². The summed E-state index contributed by atoms with van der Waals surface area (Å²) in [4.78, 5) is 183. The fraction of sp³-hybridized carbons (Fsp3) is 0.500. The zero-order valence-electron chi connectivity index (χ0n) is 79.4. The fourth-order valence-corrected chi connectivity index (χ4v) is 13.0. The van der Waals surface area contributed by atoms with Crippen molar-refractivity contribution >= 4 is 132 Å². The van der Waals surface area contributed by atoms with Crippen LogP contribution in [0.25, 0.3) is 0 Å². The number of alkyl halides is 1. The standard InChI is InChI=1S/C22H32N2O5.C14H18N2O4.C14H20N2O2.C11H9NO5.C10H10BrNO3.C8H14O4.C7H4ClNO3.C6H16N2O2.C4H6O2/c1-22(2,3)29-21(27)10-9-20(26)23-18-7-4-6-17(16-18)19(25)8-5-11-24-12-14-28-15-13-24;17-14(5-2-6-15-7-9-20-10-8-15)12-3-1-4-13(11-12)16(18)19;15-13-4-1-3-12(11-13)14(17)5-2-6-16-7-9-18-10-8-16;13-10(9-4-5-17-11(9)14)7-2-1-3-8(6-7)12(15)16;11-6-2-5-10(13)8-3-1-4-9(7-8)12(14)15;1-8(2,3)12-7(11)5-4-6(9)10;8-7(10)5-2-1-3-6(4-5)9(11)12;7-1-3-9-5-6-10-4-2-8;5-4-2-1-3-6-4/h4,6-7,16H,5,8-15H2,1-3H3,(H,23,26);1,3-4,11H,2,5-10H2;1,3-4,11H,2,5-10,15H2;1-3,6,9H,4-5H2;1,3-4,7H,2,5-6H2;4-5H2,1-3H3,(H,9,10);1-4H;1-8H2;1-3H2. The minimum atomic E-state index is -0.985. The molecule has 0 radical (unpaired) electrons. The van der Waals surface area contributed by atoms with Gasteiger partial charge in [0.1, 0.15) is 17.1 Å². The second kappa shape index (κ2) is 68.9. The minimum Gasteiger partial charge on any atom is -0.481 e. The number of non-ortho nitro benzene ring substituents is 4. The van der Waals surface area contributed by atoms with Crippen molar-refractivity contribution in [3.8, 4) is 0 Å². The third-order valence-corrected chi connectivity index (χ3v) is 20.2. The first-order valence-electron chi connectivity index (χ1n) is 45.2. The molecule has 139 heavy (non-hydrogen) atoms. The Balaban J connectivity index is 0.000000413. The Kier molecular flexibility index (Phi) is 60.0. The molecule has 5 aliphatic rings. The first-order chi connectivity index (χ1) is 66.1. The molecule has 5 fully saturated rings. The zero-order valence-corrected chi connectivity index (χ0v) is 81.8. The molecule has 0 aromatic heterocycles. The van der Waals surface area contributed by atoms with E-state index in [0.29, 0.717) is 113 Å². The number of carboxylic acids is 1. The number of aliphatic carboxylic acids is 1. The largest absolute Gasteiger partial charge is 0.481 e. The summed E-state index contributed by atoms with van der Waals surface area (Å²) < 4.78 is 45.2. The molecule has 1 atom stereocenters. The van der Waals surface area contributed by atoms with Crippen LogP contribution in [0.2, 0.25) is 0 Å². The number of carbonyl (C=O) groups is 12. The van der Waals surface area contributed by atoms with Gasteiger partial charge in [0.15, 0.2) is 28.9 Å². The highest BCUT2D eigenvalue weighted by Crippen LogP contribution is 2.25.